The molecule has 17 heavy (non-hydrogen) atoms. The Morgan fingerprint density at radius 1 is 1.47 bits per heavy atom. The fraction of sp³-hybridized carbons (Fsp3) is 0.100. The number of thiophene rings is 1. The Hall–Kier alpha value is -1.83. The van der Waals surface area contributed by atoms with Crippen LogP contribution in [0.3, 0.4) is 0 Å². The first-order valence-corrected chi connectivity index (χ1v) is 5.72. The summed E-state index contributed by atoms with van der Waals surface area (Å²) in [5.41, 5.74) is 1.78. The van der Waals surface area contributed by atoms with Crippen molar-refractivity contribution in [2.75, 3.05) is 0 Å². The van der Waals surface area contributed by atoms with Crippen molar-refractivity contribution >= 4 is 21.6 Å². The molecule has 0 bridgehead atoms. The van der Waals surface area contributed by atoms with Crippen LogP contribution in [-0.4, -0.2) is 15.1 Å². The van der Waals surface area contributed by atoms with E-state index in [0.717, 1.165) is 15.8 Å². The van der Waals surface area contributed by atoms with Crippen LogP contribution in [0.4, 0.5) is 0 Å². The van der Waals surface area contributed by atoms with Gasteiger partial charge in [0, 0.05) is 11.8 Å². The third kappa shape index (κ3) is 1.91. The number of hydrogen-bond donors (Lipinski definition) is 1. The zero-order chi connectivity index (χ0) is 11.7. The molecule has 0 atom stereocenters. The Bertz CT molecular complexity index is 648. The molecule has 7 heteroatoms. The average molecular weight is 248 g/mol. The summed E-state index contributed by atoms with van der Waals surface area (Å²) in [6.45, 7) is 0.0989. The molecule has 0 aliphatic heterocycles. The van der Waals surface area contributed by atoms with E-state index in [9.17, 15) is 0 Å². The second kappa shape index (κ2) is 4.21. The Morgan fingerprint density at radius 2 is 2.41 bits per heavy atom. The summed E-state index contributed by atoms with van der Waals surface area (Å²) >= 11 is 1.62. The van der Waals surface area contributed by atoms with Crippen LogP contribution in [0.5, 0.6) is 0 Å². The fourth-order valence-corrected chi connectivity index (χ4v) is 2.25. The second-order valence-corrected chi connectivity index (χ2v) is 4.30. The van der Waals surface area contributed by atoms with Gasteiger partial charge in [0.2, 0.25) is 5.82 Å². The largest absolute Gasteiger partial charge is 0.336 e. The topological polar surface area (TPSA) is 87.1 Å². The molecule has 3 aromatic rings. The molecule has 6 nitrogen and oxygen atoms in total. The van der Waals surface area contributed by atoms with Crippen molar-refractivity contribution in [1.29, 1.82) is 0 Å². The maximum atomic E-state index is 4.96. The first-order chi connectivity index (χ1) is 8.36. The molecule has 0 aliphatic rings. The molecular weight excluding hydrogens is 240 g/mol. The highest BCUT2D eigenvalue weighted by molar-refractivity contribution is 7.17. The van der Waals surface area contributed by atoms with Gasteiger partial charge in [0.05, 0.1) is 10.2 Å². The van der Waals surface area contributed by atoms with Crippen molar-refractivity contribution in [1.82, 2.24) is 15.1 Å². The molecule has 0 saturated carbocycles. The minimum absolute atomic E-state index is 0.0989. The molecule has 2 N–H and O–H groups in total. The van der Waals surface area contributed by atoms with Crippen molar-refractivity contribution in [2.24, 2.45) is 5.90 Å². The number of pyridine rings is 1. The minimum Gasteiger partial charge on any atom is -0.336 e. The van der Waals surface area contributed by atoms with E-state index >= 15 is 0 Å². The highest BCUT2D eigenvalue weighted by Crippen LogP contribution is 2.24. The summed E-state index contributed by atoms with van der Waals surface area (Å²) in [5, 5.41) is 5.83. The van der Waals surface area contributed by atoms with E-state index in [2.05, 4.69) is 20.0 Å². The molecular formula is C10H8N4O2S. The minimum atomic E-state index is 0.0989. The second-order valence-electron chi connectivity index (χ2n) is 3.35. The van der Waals surface area contributed by atoms with Crippen LogP contribution in [0, 0.1) is 0 Å². The fourth-order valence-electron chi connectivity index (χ4n) is 1.47. The quantitative estimate of drug-likeness (QED) is 0.710. The molecule has 3 heterocycles. The van der Waals surface area contributed by atoms with Crippen LogP contribution in [0.15, 0.2) is 28.2 Å². The highest BCUT2D eigenvalue weighted by atomic mass is 32.1. The lowest BCUT2D eigenvalue weighted by Crippen LogP contribution is -1.98. The third-order valence-corrected chi connectivity index (χ3v) is 3.09. The lowest BCUT2D eigenvalue weighted by atomic mass is 10.2. The van der Waals surface area contributed by atoms with Gasteiger partial charge in [0.25, 0.3) is 5.89 Å². The Kier molecular flexibility index (Phi) is 2.56. The lowest BCUT2D eigenvalue weighted by Gasteiger charge is -1.93. The maximum absolute atomic E-state index is 4.96. The van der Waals surface area contributed by atoms with Gasteiger partial charge in [-0.1, -0.05) is 5.16 Å². The van der Waals surface area contributed by atoms with E-state index in [0.29, 0.717) is 11.7 Å². The van der Waals surface area contributed by atoms with E-state index in [1.807, 2.05) is 17.5 Å². The highest BCUT2D eigenvalue weighted by Gasteiger charge is 2.09. The monoisotopic (exact) mass is 248 g/mol. The predicted octanol–water partition coefficient (Wildman–Crippen LogP) is 1.74. The number of nitrogens with zero attached hydrogens (tertiary/aromatic N) is 3. The first-order valence-electron chi connectivity index (χ1n) is 4.85. The van der Waals surface area contributed by atoms with Crippen LogP contribution < -0.4 is 5.90 Å². The Morgan fingerprint density at radius 3 is 3.29 bits per heavy atom. The van der Waals surface area contributed by atoms with E-state index in [-0.39, 0.29) is 6.61 Å². The molecule has 3 aromatic heterocycles. The molecule has 3 rings (SSSR count). The number of hydrogen-bond acceptors (Lipinski definition) is 7. The zero-order valence-corrected chi connectivity index (χ0v) is 9.48. The van der Waals surface area contributed by atoms with Crippen LogP contribution in [-0.2, 0) is 11.4 Å². The van der Waals surface area contributed by atoms with Crippen LogP contribution >= 0.6 is 11.3 Å². The zero-order valence-electron chi connectivity index (χ0n) is 8.66. The van der Waals surface area contributed by atoms with E-state index in [4.69, 9.17) is 10.4 Å². The molecule has 0 unspecified atom stereocenters. The van der Waals surface area contributed by atoms with Gasteiger partial charge in [-0.3, -0.25) is 9.82 Å². The van der Waals surface area contributed by atoms with E-state index < -0.39 is 0 Å². The SMILES string of the molecule is NOCc1nc(-c2cnc3ccsc3c2)no1. The molecule has 0 saturated heterocycles. The molecule has 0 aliphatic carbocycles. The van der Waals surface area contributed by atoms with Crippen molar-refractivity contribution in [3.8, 4) is 11.4 Å². The smallest absolute Gasteiger partial charge is 0.255 e. The molecule has 0 spiro atoms. The Labute approximate surface area is 100.0 Å². The van der Waals surface area contributed by atoms with Gasteiger partial charge in [-0.05, 0) is 17.5 Å². The summed E-state index contributed by atoms with van der Waals surface area (Å²) in [5.74, 6) is 5.76. The number of nitrogens with two attached hydrogens (primary N) is 1. The van der Waals surface area contributed by atoms with Gasteiger partial charge < -0.3 is 4.52 Å². The maximum Gasteiger partial charge on any atom is 0.255 e. The van der Waals surface area contributed by atoms with Crippen molar-refractivity contribution in [3.63, 3.8) is 0 Å². The van der Waals surface area contributed by atoms with Gasteiger partial charge in [-0.2, -0.15) is 4.98 Å². The predicted molar refractivity (Wildman–Crippen MR) is 61.9 cm³/mol. The van der Waals surface area contributed by atoms with Gasteiger partial charge in [0.1, 0.15) is 6.61 Å². The van der Waals surface area contributed by atoms with Gasteiger partial charge in [-0.25, -0.2) is 5.90 Å². The summed E-state index contributed by atoms with van der Waals surface area (Å²) in [4.78, 5) is 12.9. The van der Waals surface area contributed by atoms with Crippen LogP contribution in [0.25, 0.3) is 21.6 Å². The summed E-state index contributed by atoms with van der Waals surface area (Å²) in [7, 11) is 0. The first kappa shape index (κ1) is 10.3. The molecule has 0 aromatic carbocycles. The molecule has 0 fully saturated rings. The summed E-state index contributed by atoms with van der Waals surface area (Å²) in [6, 6.07) is 3.94. The van der Waals surface area contributed by atoms with Gasteiger partial charge in [-0.15, -0.1) is 11.3 Å². The molecule has 0 radical (unpaired) electrons. The third-order valence-electron chi connectivity index (χ3n) is 2.24. The number of fused-ring (bicyclic) bond motifs is 1. The average Bonchev–Trinajstić information content (AvgIpc) is 2.96. The number of rotatable bonds is 3. The molecule has 86 valence electrons. The van der Waals surface area contributed by atoms with E-state index in [1.54, 1.807) is 17.5 Å². The van der Waals surface area contributed by atoms with Crippen molar-refractivity contribution < 1.29 is 9.36 Å². The summed E-state index contributed by atoms with van der Waals surface area (Å²) < 4.78 is 6.05. The Balaban J connectivity index is 2.00. The van der Waals surface area contributed by atoms with Crippen molar-refractivity contribution in [2.45, 2.75) is 6.61 Å². The van der Waals surface area contributed by atoms with E-state index in [1.165, 1.54) is 0 Å². The van der Waals surface area contributed by atoms with Gasteiger partial charge >= 0.3 is 0 Å². The van der Waals surface area contributed by atoms with Crippen molar-refractivity contribution in [3.05, 3.63) is 29.6 Å². The molecule has 0 amide bonds. The van der Waals surface area contributed by atoms with Gasteiger partial charge in [0.15, 0.2) is 0 Å². The standard InChI is InChI=1S/C10H8N4O2S/c11-15-5-9-13-10(14-16-9)6-3-8-7(12-4-6)1-2-17-8/h1-4H,5,11H2. The van der Waals surface area contributed by atoms with Crippen LogP contribution in [0.2, 0.25) is 0 Å². The summed E-state index contributed by atoms with van der Waals surface area (Å²) in [6.07, 6.45) is 1.72. The normalized spacial score (nSPS) is 11.1. The number of aromatic nitrogens is 3. The lowest BCUT2D eigenvalue weighted by molar-refractivity contribution is 0.0996. The van der Waals surface area contributed by atoms with Crippen LogP contribution in [0.1, 0.15) is 5.89 Å².